The van der Waals surface area contributed by atoms with Gasteiger partial charge < -0.3 is 19.3 Å². The lowest BCUT2D eigenvalue weighted by Gasteiger charge is -2.53. The molecule has 0 saturated carbocycles. The van der Waals surface area contributed by atoms with Gasteiger partial charge in [0, 0.05) is 19.4 Å². The van der Waals surface area contributed by atoms with Crippen LogP contribution in [0, 0.1) is 0 Å². The maximum Gasteiger partial charge on any atom is 0.0946 e. The molecular weight excluding hydrogens is 220 g/mol. The molecule has 3 aliphatic heterocycles. The molecule has 1 N–H and O–H groups in total. The first kappa shape index (κ1) is 11.9. The second-order valence-electron chi connectivity index (χ2n) is 5.86. The van der Waals surface area contributed by atoms with Gasteiger partial charge in [-0.05, 0) is 26.7 Å². The fraction of sp³-hybridized carbons (Fsp3) is 1.00. The van der Waals surface area contributed by atoms with Gasteiger partial charge >= 0.3 is 0 Å². The third-order valence-electron chi connectivity index (χ3n) is 4.46. The summed E-state index contributed by atoms with van der Waals surface area (Å²) in [7, 11) is 0. The Morgan fingerprint density at radius 2 is 2.12 bits per heavy atom. The SMILES string of the molecule is C[C@@H]1O[C@@H]2C[C@@H]3OCCC[C@H]3O[C@@]2(C)C[C@H]1O. The first-order valence-electron chi connectivity index (χ1n) is 6.71. The van der Waals surface area contributed by atoms with Crippen LogP contribution in [0.15, 0.2) is 0 Å². The second kappa shape index (κ2) is 4.19. The standard InChI is InChI=1S/C13H22O4/c1-8-9(14)7-13(2)12(16-8)6-11-10(17-13)4-3-5-15-11/h8-12,14H,3-7H2,1-2H3/t8-,9+,10+,11-,12+,13-/m0/s1. The van der Waals surface area contributed by atoms with Gasteiger partial charge in [-0.25, -0.2) is 0 Å². The van der Waals surface area contributed by atoms with Crippen LogP contribution in [0.1, 0.15) is 39.5 Å². The minimum Gasteiger partial charge on any atom is -0.390 e. The summed E-state index contributed by atoms with van der Waals surface area (Å²) in [5, 5.41) is 9.94. The van der Waals surface area contributed by atoms with Crippen LogP contribution in [0.5, 0.6) is 0 Å². The molecule has 0 aromatic rings. The van der Waals surface area contributed by atoms with Crippen molar-refractivity contribution >= 4 is 0 Å². The van der Waals surface area contributed by atoms with Crippen LogP contribution in [-0.4, -0.2) is 47.8 Å². The zero-order valence-corrected chi connectivity index (χ0v) is 10.6. The summed E-state index contributed by atoms with van der Waals surface area (Å²) in [6.07, 6.45) is 3.62. The van der Waals surface area contributed by atoms with Crippen molar-refractivity contribution < 1.29 is 19.3 Å². The summed E-state index contributed by atoms with van der Waals surface area (Å²) in [6, 6.07) is 0. The Balaban J connectivity index is 1.77. The molecule has 6 atom stereocenters. The minimum absolute atomic E-state index is 0.0558. The minimum atomic E-state index is -0.419. The molecule has 17 heavy (non-hydrogen) atoms. The van der Waals surface area contributed by atoms with E-state index in [1.165, 1.54) is 0 Å². The van der Waals surface area contributed by atoms with E-state index in [0.717, 1.165) is 25.9 Å². The van der Waals surface area contributed by atoms with Gasteiger partial charge in [0.2, 0.25) is 0 Å². The highest BCUT2D eigenvalue weighted by atomic mass is 16.6. The molecule has 0 bridgehead atoms. The Kier molecular flexibility index (Phi) is 2.94. The maximum absolute atomic E-state index is 9.94. The van der Waals surface area contributed by atoms with E-state index in [-0.39, 0.29) is 30.0 Å². The van der Waals surface area contributed by atoms with Crippen LogP contribution in [0.3, 0.4) is 0 Å². The molecule has 3 saturated heterocycles. The quantitative estimate of drug-likeness (QED) is 0.694. The Hall–Kier alpha value is -0.160. The number of rotatable bonds is 0. The van der Waals surface area contributed by atoms with Crippen LogP contribution in [0.25, 0.3) is 0 Å². The molecular formula is C13H22O4. The Morgan fingerprint density at radius 3 is 2.94 bits per heavy atom. The lowest BCUT2D eigenvalue weighted by molar-refractivity contribution is -0.295. The monoisotopic (exact) mass is 242 g/mol. The number of ether oxygens (including phenoxy) is 3. The normalized spacial score (nSPS) is 54.9. The summed E-state index contributed by atoms with van der Waals surface area (Å²) in [4.78, 5) is 0. The summed E-state index contributed by atoms with van der Waals surface area (Å²) >= 11 is 0. The van der Waals surface area contributed by atoms with E-state index in [9.17, 15) is 5.11 Å². The van der Waals surface area contributed by atoms with Gasteiger partial charge in [-0.3, -0.25) is 0 Å². The van der Waals surface area contributed by atoms with Crippen LogP contribution < -0.4 is 0 Å². The van der Waals surface area contributed by atoms with Crippen molar-refractivity contribution in [3.8, 4) is 0 Å². The molecule has 0 radical (unpaired) electrons. The van der Waals surface area contributed by atoms with Gasteiger partial charge in [0.25, 0.3) is 0 Å². The van der Waals surface area contributed by atoms with Crippen molar-refractivity contribution in [2.45, 2.75) is 75.7 Å². The van der Waals surface area contributed by atoms with E-state index < -0.39 is 6.10 Å². The summed E-state index contributed by atoms with van der Waals surface area (Å²) in [6.45, 7) is 4.84. The van der Waals surface area contributed by atoms with E-state index >= 15 is 0 Å². The number of aliphatic hydroxyl groups excluding tert-OH is 1. The third kappa shape index (κ3) is 2.01. The van der Waals surface area contributed by atoms with Crippen LogP contribution in [-0.2, 0) is 14.2 Å². The second-order valence-corrected chi connectivity index (χ2v) is 5.86. The van der Waals surface area contributed by atoms with Crippen molar-refractivity contribution in [3.05, 3.63) is 0 Å². The molecule has 0 aliphatic carbocycles. The van der Waals surface area contributed by atoms with Crippen molar-refractivity contribution in [2.75, 3.05) is 6.61 Å². The highest BCUT2D eigenvalue weighted by molar-refractivity contribution is 5.01. The van der Waals surface area contributed by atoms with Crippen molar-refractivity contribution in [1.82, 2.24) is 0 Å². The van der Waals surface area contributed by atoms with E-state index in [4.69, 9.17) is 14.2 Å². The van der Waals surface area contributed by atoms with Gasteiger partial charge in [0.05, 0.1) is 36.1 Å². The molecule has 3 rings (SSSR count). The summed E-state index contributed by atoms with van der Waals surface area (Å²) in [5.41, 5.74) is -0.339. The van der Waals surface area contributed by atoms with Crippen LogP contribution >= 0.6 is 0 Å². The van der Waals surface area contributed by atoms with E-state index in [0.29, 0.717) is 6.42 Å². The van der Waals surface area contributed by atoms with Gasteiger partial charge in [0.15, 0.2) is 0 Å². The first-order chi connectivity index (χ1) is 8.08. The molecule has 3 aliphatic rings. The molecule has 4 nitrogen and oxygen atoms in total. The van der Waals surface area contributed by atoms with Gasteiger partial charge in [0.1, 0.15) is 0 Å². The zero-order chi connectivity index (χ0) is 12.0. The predicted molar refractivity (Wildman–Crippen MR) is 61.8 cm³/mol. The van der Waals surface area contributed by atoms with E-state index in [2.05, 4.69) is 6.92 Å². The van der Waals surface area contributed by atoms with Gasteiger partial charge in [-0.1, -0.05) is 0 Å². The lowest BCUT2D eigenvalue weighted by Crippen LogP contribution is -2.62. The average Bonchev–Trinajstić information content (AvgIpc) is 2.28. The predicted octanol–water partition coefficient (Wildman–Crippen LogP) is 1.25. The zero-order valence-electron chi connectivity index (χ0n) is 10.6. The lowest BCUT2D eigenvalue weighted by atomic mass is 9.80. The molecule has 3 fully saturated rings. The molecule has 0 unspecified atom stereocenters. The molecule has 98 valence electrons. The Bertz CT molecular complexity index is 295. The van der Waals surface area contributed by atoms with Gasteiger partial charge in [-0.15, -0.1) is 0 Å². The van der Waals surface area contributed by atoms with Crippen molar-refractivity contribution in [2.24, 2.45) is 0 Å². The topological polar surface area (TPSA) is 47.9 Å². The molecule has 0 aromatic carbocycles. The van der Waals surface area contributed by atoms with Crippen LogP contribution in [0.4, 0.5) is 0 Å². The number of hydrogen-bond donors (Lipinski definition) is 1. The molecule has 0 aromatic heterocycles. The first-order valence-corrected chi connectivity index (χ1v) is 6.71. The molecule has 0 amide bonds. The Labute approximate surface area is 102 Å². The number of hydrogen-bond acceptors (Lipinski definition) is 4. The Morgan fingerprint density at radius 1 is 1.29 bits per heavy atom. The average molecular weight is 242 g/mol. The number of aliphatic hydroxyl groups is 1. The maximum atomic E-state index is 9.94. The fourth-order valence-corrected chi connectivity index (χ4v) is 3.36. The largest absolute Gasteiger partial charge is 0.390 e. The third-order valence-corrected chi connectivity index (χ3v) is 4.46. The molecule has 4 heteroatoms. The van der Waals surface area contributed by atoms with Crippen LogP contribution in [0.2, 0.25) is 0 Å². The molecule has 0 spiro atoms. The van der Waals surface area contributed by atoms with Crippen molar-refractivity contribution in [1.29, 1.82) is 0 Å². The number of fused-ring (bicyclic) bond motifs is 2. The highest BCUT2D eigenvalue weighted by Gasteiger charge is 2.52. The fourth-order valence-electron chi connectivity index (χ4n) is 3.36. The highest BCUT2D eigenvalue weighted by Crippen LogP contribution is 2.42. The van der Waals surface area contributed by atoms with Crippen molar-refractivity contribution in [3.63, 3.8) is 0 Å². The van der Waals surface area contributed by atoms with E-state index in [1.54, 1.807) is 0 Å². The summed E-state index contributed by atoms with van der Waals surface area (Å²) in [5.74, 6) is 0. The molecule has 3 heterocycles. The smallest absolute Gasteiger partial charge is 0.0946 e. The van der Waals surface area contributed by atoms with E-state index in [1.807, 2.05) is 6.92 Å². The summed E-state index contributed by atoms with van der Waals surface area (Å²) < 4.78 is 17.9. The van der Waals surface area contributed by atoms with Gasteiger partial charge in [-0.2, -0.15) is 0 Å².